The molecule has 0 aliphatic rings. The van der Waals surface area contributed by atoms with E-state index in [0.717, 1.165) is 5.56 Å². The minimum Gasteiger partial charge on any atom is -0.508 e. The van der Waals surface area contributed by atoms with E-state index in [4.69, 9.17) is 17.3 Å². The van der Waals surface area contributed by atoms with Gasteiger partial charge in [-0.25, -0.2) is 0 Å². The molecule has 98 valence electrons. The molecule has 0 aromatic heterocycles. The van der Waals surface area contributed by atoms with Crippen LogP contribution in [0.15, 0.2) is 42.5 Å². The van der Waals surface area contributed by atoms with Crippen LogP contribution in [0.4, 0.5) is 11.4 Å². The van der Waals surface area contributed by atoms with Gasteiger partial charge < -0.3 is 16.2 Å². The van der Waals surface area contributed by atoms with Gasteiger partial charge in [0.1, 0.15) is 5.75 Å². The lowest BCUT2D eigenvalue weighted by atomic mass is 10.1. The third-order valence-electron chi connectivity index (χ3n) is 2.56. The number of carbonyl (C=O) groups is 1. The van der Waals surface area contributed by atoms with Crippen LogP contribution in [-0.2, 0) is 11.2 Å². The van der Waals surface area contributed by atoms with Gasteiger partial charge in [-0.15, -0.1) is 0 Å². The van der Waals surface area contributed by atoms with Gasteiger partial charge in [0.25, 0.3) is 0 Å². The number of anilines is 2. The number of carbonyl (C=O) groups excluding carboxylic acids is 1. The Kier molecular flexibility index (Phi) is 3.92. The first-order chi connectivity index (χ1) is 9.04. The van der Waals surface area contributed by atoms with Gasteiger partial charge in [-0.05, 0) is 35.9 Å². The molecule has 0 aliphatic heterocycles. The summed E-state index contributed by atoms with van der Waals surface area (Å²) in [5.74, 6) is -0.0906. The summed E-state index contributed by atoms with van der Waals surface area (Å²) in [4.78, 5) is 11.9. The van der Waals surface area contributed by atoms with E-state index >= 15 is 0 Å². The highest BCUT2D eigenvalue weighted by atomic mass is 35.5. The summed E-state index contributed by atoms with van der Waals surface area (Å²) in [5.41, 5.74) is 7.40. The van der Waals surface area contributed by atoms with E-state index in [-0.39, 0.29) is 18.1 Å². The van der Waals surface area contributed by atoms with E-state index in [2.05, 4.69) is 5.32 Å². The quantitative estimate of drug-likeness (QED) is 0.755. The number of aromatic hydroxyl groups is 1. The highest BCUT2D eigenvalue weighted by Crippen LogP contribution is 2.23. The molecule has 4 N–H and O–H groups in total. The molecule has 1 amide bonds. The van der Waals surface area contributed by atoms with Crippen molar-refractivity contribution in [1.29, 1.82) is 0 Å². The third-order valence-corrected chi connectivity index (χ3v) is 2.80. The number of nitrogens with one attached hydrogen (secondary N) is 1. The fourth-order valence-electron chi connectivity index (χ4n) is 1.68. The lowest BCUT2D eigenvalue weighted by Gasteiger charge is -2.08. The van der Waals surface area contributed by atoms with Crippen molar-refractivity contribution in [3.8, 4) is 5.75 Å². The molecule has 0 atom stereocenters. The van der Waals surface area contributed by atoms with E-state index in [1.165, 1.54) is 0 Å². The number of phenols is 1. The average molecular weight is 277 g/mol. The second-order valence-corrected chi connectivity index (χ2v) is 4.56. The first kappa shape index (κ1) is 13.2. The summed E-state index contributed by atoms with van der Waals surface area (Å²) in [7, 11) is 0. The first-order valence-electron chi connectivity index (χ1n) is 5.67. The van der Waals surface area contributed by atoms with Crippen LogP contribution < -0.4 is 11.1 Å². The van der Waals surface area contributed by atoms with Gasteiger partial charge in [-0.3, -0.25) is 4.79 Å². The zero-order valence-corrected chi connectivity index (χ0v) is 10.8. The van der Waals surface area contributed by atoms with E-state index in [0.29, 0.717) is 16.4 Å². The lowest BCUT2D eigenvalue weighted by Crippen LogP contribution is -2.15. The van der Waals surface area contributed by atoms with Crippen molar-refractivity contribution in [1.82, 2.24) is 0 Å². The Morgan fingerprint density at radius 1 is 1.26 bits per heavy atom. The Hall–Kier alpha value is -2.20. The predicted octanol–water partition coefficient (Wildman–Crippen LogP) is 2.81. The van der Waals surface area contributed by atoms with Crippen molar-refractivity contribution in [2.45, 2.75) is 6.42 Å². The fraction of sp³-hybridized carbons (Fsp3) is 0.0714. The van der Waals surface area contributed by atoms with Crippen LogP contribution in [0.1, 0.15) is 5.56 Å². The van der Waals surface area contributed by atoms with Gasteiger partial charge in [-0.2, -0.15) is 0 Å². The van der Waals surface area contributed by atoms with Crippen molar-refractivity contribution < 1.29 is 9.90 Å². The average Bonchev–Trinajstić information content (AvgIpc) is 2.34. The Morgan fingerprint density at radius 3 is 2.79 bits per heavy atom. The molecule has 4 nitrogen and oxygen atoms in total. The van der Waals surface area contributed by atoms with E-state index in [1.54, 1.807) is 42.5 Å². The van der Waals surface area contributed by atoms with Crippen molar-refractivity contribution in [3.63, 3.8) is 0 Å². The van der Waals surface area contributed by atoms with Gasteiger partial charge >= 0.3 is 0 Å². The molecule has 0 unspecified atom stereocenters. The Bertz CT molecular complexity index is 614. The maximum atomic E-state index is 11.9. The molecule has 0 bridgehead atoms. The number of amides is 1. The standard InChI is InChI=1S/C14H13ClN2O2/c15-10-4-5-12(16)13(8-10)17-14(19)7-9-2-1-3-11(18)6-9/h1-6,8,18H,7,16H2,(H,17,19). The smallest absolute Gasteiger partial charge is 0.228 e. The molecule has 2 aromatic carbocycles. The number of nitrogens with two attached hydrogens (primary N) is 1. The molecule has 0 spiro atoms. The van der Waals surface area contributed by atoms with Crippen LogP contribution in [0.2, 0.25) is 5.02 Å². The molecular formula is C14H13ClN2O2. The van der Waals surface area contributed by atoms with Crippen LogP contribution >= 0.6 is 11.6 Å². The summed E-state index contributed by atoms with van der Waals surface area (Å²) in [6, 6.07) is 11.4. The van der Waals surface area contributed by atoms with Crippen molar-refractivity contribution >= 4 is 28.9 Å². The van der Waals surface area contributed by atoms with Gasteiger partial charge in [-0.1, -0.05) is 23.7 Å². The van der Waals surface area contributed by atoms with Gasteiger partial charge in [0.2, 0.25) is 5.91 Å². The molecule has 0 saturated carbocycles. The highest BCUT2D eigenvalue weighted by Gasteiger charge is 2.07. The molecule has 0 saturated heterocycles. The summed E-state index contributed by atoms with van der Waals surface area (Å²) in [6.07, 6.45) is 0.153. The number of rotatable bonds is 3. The second kappa shape index (κ2) is 5.63. The minimum absolute atomic E-state index is 0.132. The Morgan fingerprint density at radius 2 is 2.05 bits per heavy atom. The van der Waals surface area contributed by atoms with Crippen molar-refractivity contribution in [2.75, 3.05) is 11.1 Å². The monoisotopic (exact) mass is 276 g/mol. The van der Waals surface area contributed by atoms with Crippen LogP contribution in [0.5, 0.6) is 5.75 Å². The zero-order valence-electron chi connectivity index (χ0n) is 10.1. The summed E-state index contributed by atoms with van der Waals surface area (Å²) in [6.45, 7) is 0. The number of phenolic OH excluding ortho intramolecular Hbond substituents is 1. The van der Waals surface area contributed by atoms with E-state index in [1.807, 2.05) is 0 Å². The molecule has 0 radical (unpaired) electrons. The molecule has 5 heteroatoms. The maximum Gasteiger partial charge on any atom is 0.228 e. The van der Waals surface area contributed by atoms with Gasteiger partial charge in [0.15, 0.2) is 0 Å². The van der Waals surface area contributed by atoms with Crippen molar-refractivity contribution in [2.24, 2.45) is 0 Å². The molecule has 0 heterocycles. The van der Waals surface area contributed by atoms with Crippen LogP contribution in [0, 0.1) is 0 Å². The number of nitrogen functional groups attached to an aromatic ring is 1. The summed E-state index contributed by atoms with van der Waals surface area (Å²) >= 11 is 5.84. The number of halogens is 1. The highest BCUT2D eigenvalue weighted by molar-refractivity contribution is 6.31. The summed E-state index contributed by atoms with van der Waals surface area (Å²) in [5, 5.41) is 12.5. The number of hydrogen-bond donors (Lipinski definition) is 3. The van der Waals surface area contributed by atoms with E-state index < -0.39 is 0 Å². The maximum absolute atomic E-state index is 11.9. The summed E-state index contributed by atoms with van der Waals surface area (Å²) < 4.78 is 0. The molecule has 2 rings (SSSR count). The Labute approximate surface area is 115 Å². The molecule has 2 aromatic rings. The molecule has 0 fully saturated rings. The topological polar surface area (TPSA) is 75.3 Å². The molecule has 19 heavy (non-hydrogen) atoms. The minimum atomic E-state index is -0.223. The lowest BCUT2D eigenvalue weighted by molar-refractivity contribution is -0.115. The van der Waals surface area contributed by atoms with Gasteiger partial charge in [0, 0.05) is 5.02 Å². The third kappa shape index (κ3) is 3.63. The molecular weight excluding hydrogens is 264 g/mol. The molecule has 0 aliphatic carbocycles. The van der Waals surface area contributed by atoms with Crippen LogP contribution in [-0.4, -0.2) is 11.0 Å². The Balaban J connectivity index is 2.07. The fourth-order valence-corrected chi connectivity index (χ4v) is 1.86. The van der Waals surface area contributed by atoms with E-state index in [9.17, 15) is 9.90 Å². The largest absolute Gasteiger partial charge is 0.508 e. The van der Waals surface area contributed by atoms with Crippen molar-refractivity contribution in [3.05, 3.63) is 53.1 Å². The number of hydrogen-bond acceptors (Lipinski definition) is 3. The SMILES string of the molecule is Nc1ccc(Cl)cc1NC(=O)Cc1cccc(O)c1. The van der Waals surface area contributed by atoms with Crippen LogP contribution in [0.3, 0.4) is 0 Å². The second-order valence-electron chi connectivity index (χ2n) is 4.13. The van der Waals surface area contributed by atoms with Gasteiger partial charge in [0.05, 0.1) is 17.8 Å². The number of benzene rings is 2. The normalized spacial score (nSPS) is 10.2. The zero-order chi connectivity index (χ0) is 13.8. The van der Waals surface area contributed by atoms with Crippen LogP contribution in [0.25, 0.3) is 0 Å². The first-order valence-corrected chi connectivity index (χ1v) is 6.05. The predicted molar refractivity (Wildman–Crippen MR) is 76.3 cm³/mol.